The van der Waals surface area contributed by atoms with E-state index in [0.717, 1.165) is 18.7 Å². The zero-order chi connectivity index (χ0) is 9.97. The molecule has 0 bridgehead atoms. The van der Waals surface area contributed by atoms with Crippen molar-refractivity contribution in [3.05, 3.63) is 29.8 Å². The Balaban J connectivity index is 2.08. The Labute approximate surface area is 83.7 Å². The van der Waals surface area contributed by atoms with E-state index in [0.29, 0.717) is 11.8 Å². The molecule has 1 heterocycles. The molecule has 0 aromatic heterocycles. The third-order valence-corrected chi connectivity index (χ3v) is 2.44. The molecular formula is C11H15NO2. The Morgan fingerprint density at radius 2 is 2.36 bits per heavy atom. The number of aromatic hydroxyl groups is 1. The second-order valence-electron chi connectivity index (χ2n) is 3.73. The van der Waals surface area contributed by atoms with Gasteiger partial charge in [-0.2, -0.15) is 0 Å². The summed E-state index contributed by atoms with van der Waals surface area (Å²) in [6.07, 6.45) is 0.0679. The summed E-state index contributed by atoms with van der Waals surface area (Å²) in [6, 6.07) is 7.65. The Hall–Kier alpha value is -1.06. The number of hydrogen-bond donors (Lipinski definition) is 2. The van der Waals surface area contributed by atoms with E-state index >= 15 is 0 Å². The highest BCUT2D eigenvalue weighted by Gasteiger charge is 2.19. The van der Waals surface area contributed by atoms with E-state index in [9.17, 15) is 5.11 Å². The van der Waals surface area contributed by atoms with Gasteiger partial charge in [-0.15, -0.1) is 0 Å². The molecule has 0 radical (unpaired) electrons. The molecule has 14 heavy (non-hydrogen) atoms. The van der Waals surface area contributed by atoms with Gasteiger partial charge in [0.25, 0.3) is 0 Å². The zero-order valence-electron chi connectivity index (χ0n) is 8.23. The minimum Gasteiger partial charge on any atom is -0.508 e. The molecule has 0 spiro atoms. The van der Waals surface area contributed by atoms with Crippen molar-refractivity contribution < 1.29 is 9.84 Å². The van der Waals surface area contributed by atoms with Crippen LogP contribution in [0.4, 0.5) is 0 Å². The number of ether oxygens (including phenoxy) is 1. The highest BCUT2D eigenvalue weighted by atomic mass is 16.5. The summed E-state index contributed by atoms with van der Waals surface area (Å²) >= 11 is 0. The molecule has 0 saturated carbocycles. The van der Waals surface area contributed by atoms with E-state index in [1.165, 1.54) is 0 Å². The lowest BCUT2D eigenvalue weighted by Gasteiger charge is -2.28. The lowest BCUT2D eigenvalue weighted by Crippen LogP contribution is -2.40. The van der Waals surface area contributed by atoms with Crippen molar-refractivity contribution in [1.29, 1.82) is 0 Å². The Bertz CT molecular complexity index is 306. The van der Waals surface area contributed by atoms with Gasteiger partial charge in [-0.3, -0.25) is 0 Å². The largest absolute Gasteiger partial charge is 0.508 e. The number of morpholine rings is 1. The predicted molar refractivity (Wildman–Crippen MR) is 54.3 cm³/mol. The lowest BCUT2D eigenvalue weighted by atomic mass is 10.1. The fraction of sp³-hybridized carbons (Fsp3) is 0.455. The van der Waals surface area contributed by atoms with Gasteiger partial charge in [0.05, 0.1) is 12.7 Å². The SMILES string of the molecule is CC1COC(c2cccc(O)c2)CN1. The molecule has 1 aromatic rings. The van der Waals surface area contributed by atoms with Crippen LogP contribution in [0, 0.1) is 0 Å². The predicted octanol–water partition coefficient (Wildman–Crippen LogP) is 1.44. The molecular weight excluding hydrogens is 178 g/mol. The Morgan fingerprint density at radius 1 is 1.50 bits per heavy atom. The summed E-state index contributed by atoms with van der Waals surface area (Å²) in [5, 5.41) is 12.7. The van der Waals surface area contributed by atoms with Gasteiger partial charge in [0.1, 0.15) is 5.75 Å². The maximum absolute atomic E-state index is 9.32. The number of nitrogens with one attached hydrogen (secondary N) is 1. The molecule has 0 amide bonds. The third kappa shape index (κ3) is 2.05. The molecule has 3 nitrogen and oxygen atoms in total. The number of benzene rings is 1. The highest BCUT2D eigenvalue weighted by molar-refractivity contribution is 5.29. The van der Waals surface area contributed by atoms with Gasteiger partial charge in [0, 0.05) is 12.6 Å². The van der Waals surface area contributed by atoms with E-state index in [1.807, 2.05) is 12.1 Å². The molecule has 2 atom stereocenters. The highest BCUT2D eigenvalue weighted by Crippen LogP contribution is 2.22. The van der Waals surface area contributed by atoms with Crippen LogP contribution in [0.1, 0.15) is 18.6 Å². The molecule has 3 heteroatoms. The third-order valence-electron chi connectivity index (χ3n) is 2.44. The van der Waals surface area contributed by atoms with Crippen LogP contribution in [0.25, 0.3) is 0 Å². The molecule has 1 saturated heterocycles. The van der Waals surface area contributed by atoms with Crippen molar-refractivity contribution in [1.82, 2.24) is 5.32 Å². The molecule has 1 aliphatic rings. The minimum atomic E-state index is 0.0679. The van der Waals surface area contributed by atoms with Gasteiger partial charge in [-0.1, -0.05) is 12.1 Å². The van der Waals surface area contributed by atoms with Crippen LogP contribution in [0.3, 0.4) is 0 Å². The number of hydrogen-bond acceptors (Lipinski definition) is 3. The average Bonchev–Trinajstić information content (AvgIpc) is 2.19. The maximum Gasteiger partial charge on any atom is 0.115 e. The van der Waals surface area contributed by atoms with Crippen molar-refractivity contribution in [2.24, 2.45) is 0 Å². The first-order chi connectivity index (χ1) is 6.75. The Kier molecular flexibility index (Phi) is 2.70. The van der Waals surface area contributed by atoms with Crippen LogP contribution in [0.2, 0.25) is 0 Å². The summed E-state index contributed by atoms with van der Waals surface area (Å²) < 4.78 is 5.66. The van der Waals surface area contributed by atoms with Crippen LogP contribution in [-0.4, -0.2) is 24.3 Å². The summed E-state index contributed by atoms with van der Waals surface area (Å²) in [6.45, 7) is 3.63. The van der Waals surface area contributed by atoms with Crippen molar-refractivity contribution in [2.45, 2.75) is 19.1 Å². The molecule has 2 unspecified atom stereocenters. The topological polar surface area (TPSA) is 41.5 Å². The quantitative estimate of drug-likeness (QED) is 0.709. The van der Waals surface area contributed by atoms with Gasteiger partial charge in [0.15, 0.2) is 0 Å². The zero-order valence-corrected chi connectivity index (χ0v) is 8.23. The van der Waals surface area contributed by atoms with Crippen LogP contribution in [0.15, 0.2) is 24.3 Å². The molecule has 2 N–H and O–H groups in total. The number of rotatable bonds is 1. The fourth-order valence-corrected chi connectivity index (χ4v) is 1.63. The van der Waals surface area contributed by atoms with Crippen molar-refractivity contribution in [2.75, 3.05) is 13.2 Å². The van der Waals surface area contributed by atoms with E-state index in [-0.39, 0.29) is 6.10 Å². The van der Waals surface area contributed by atoms with Crippen LogP contribution in [-0.2, 0) is 4.74 Å². The van der Waals surface area contributed by atoms with E-state index in [4.69, 9.17) is 4.74 Å². The van der Waals surface area contributed by atoms with Gasteiger partial charge in [-0.05, 0) is 24.6 Å². The summed E-state index contributed by atoms with van der Waals surface area (Å²) in [5.41, 5.74) is 1.03. The molecule has 76 valence electrons. The van der Waals surface area contributed by atoms with Crippen molar-refractivity contribution in [3.8, 4) is 5.75 Å². The van der Waals surface area contributed by atoms with Gasteiger partial charge < -0.3 is 15.2 Å². The molecule has 1 aliphatic heterocycles. The van der Waals surface area contributed by atoms with Gasteiger partial charge in [0.2, 0.25) is 0 Å². The molecule has 2 rings (SSSR count). The van der Waals surface area contributed by atoms with Crippen molar-refractivity contribution in [3.63, 3.8) is 0 Å². The average molecular weight is 193 g/mol. The monoisotopic (exact) mass is 193 g/mol. The summed E-state index contributed by atoms with van der Waals surface area (Å²) in [4.78, 5) is 0. The van der Waals surface area contributed by atoms with Crippen molar-refractivity contribution >= 4 is 0 Å². The lowest BCUT2D eigenvalue weighted by molar-refractivity contribution is 0.00685. The first kappa shape index (κ1) is 9.49. The van der Waals surface area contributed by atoms with Crippen LogP contribution in [0.5, 0.6) is 5.75 Å². The fourth-order valence-electron chi connectivity index (χ4n) is 1.63. The normalized spacial score (nSPS) is 27.5. The second kappa shape index (κ2) is 3.98. The van der Waals surface area contributed by atoms with E-state index in [1.54, 1.807) is 12.1 Å². The maximum atomic E-state index is 9.32. The smallest absolute Gasteiger partial charge is 0.115 e. The summed E-state index contributed by atoms with van der Waals surface area (Å²) in [7, 11) is 0. The standard InChI is InChI=1S/C11H15NO2/c1-8-7-14-11(6-12-8)9-3-2-4-10(13)5-9/h2-5,8,11-13H,6-7H2,1H3. The number of phenols is 1. The molecule has 1 fully saturated rings. The molecule has 0 aliphatic carbocycles. The van der Waals surface area contributed by atoms with E-state index in [2.05, 4.69) is 12.2 Å². The van der Waals surface area contributed by atoms with Gasteiger partial charge in [-0.25, -0.2) is 0 Å². The van der Waals surface area contributed by atoms with Crippen LogP contribution < -0.4 is 5.32 Å². The minimum absolute atomic E-state index is 0.0679. The molecule has 1 aromatic carbocycles. The first-order valence-electron chi connectivity index (χ1n) is 4.89. The summed E-state index contributed by atoms with van der Waals surface area (Å²) in [5.74, 6) is 0.296. The van der Waals surface area contributed by atoms with Gasteiger partial charge >= 0.3 is 0 Å². The van der Waals surface area contributed by atoms with Crippen LogP contribution >= 0.6 is 0 Å². The first-order valence-corrected chi connectivity index (χ1v) is 4.89. The second-order valence-corrected chi connectivity index (χ2v) is 3.73. The number of phenolic OH excluding ortho intramolecular Hbond substituents is 1. The Morgan fingerprint density at radius 3 is 3.00 bits per heavy atom. The van der Waals surface area contributed by atoms with E-state index < -0.39 is 0 Å².